The average Bonchev–Trinajstić information content (AvgIpc) is 2.88. The molecule has 1 amide bonds. The lowest BCUT2D eigenvalue weighted by Gasteiger charge is -2.16. The molecule has 1 atom stereocenters. The van der Waals surface area contributed by atoms with Gasteiger partial charge in [-0.25, -0.2) is 4.79 Å². The lowest BCUT2D eigenvalue weighted by atomic mass is 10.1. The molecule has 0 bridgehead atoms. The monoisotopic (exact) mass is 366 g/mol. The SMILES string of the molecule is C[C@@H](NC(=O)Oc1ccc([N+](=O)[O-])cc1)c1cccc2c1OC(F)(F)O2. The maximum atomic E-state index is 13.2. The van der Waals surface area contributed by atoms with Crippen molar-refractivity contribution in [3.05, 3.63) is 58.1 Å². The van der Waals surface area contributed by atoms with Crippen LogP contribution in [0.4, 0.5) is 19.3 Å². The zero-order chi connectivity index (χ0) is 18.9. The molecule has 0 aromatic heterocycles. The Balaban J connectivity index is 1.67. The van der Waals surface area contributed by atoms with Crippen molar-refractivity contribution in [3.8, 4) is 17.2 Å². The molecular weight excluding hydrogens is 354 g/mol. The first-order valence-electron chi connectivity index (χ1n) is 7.37. The molecule has 0 fully saturated rings. The van der Waals surface area contributed by atoms with Crippen LogP contribution in [0.1, 0.15) is 18.5 Å². The van der Waals surface area contributed by atoms with Gasteiger partial charge < -0.3 is 19.5 Å². The van der Waals surface area contributed by atoms with Gasteiger partial charge in [0.1, 0.15) is 5.75 Å². The summed E-state index contributed by atoms with van der Waals surface area (Å²) >= 11 is 0. The number of hydrogen-bond acceptors (Lipinski definition) is 6. The van der Waals surface area contributed by atoms with E-state index in [-0.39, 0.29) is 28.5 Å². The van der Waals surface area contributed by atoms with Crippen molar-refractivity contribution in [1.82, 2.24) is 5.32 Å². The number of nitrogens with zero attached hydrogens (tertiary/aromatic N) is 1. The van der Waals surface area contributed by atoms with E-state index in [4.69, 9.17) is 4.74 Å². The van der Waals surface area contributed by atoms with Crippen LogP contribution in [0.25, 0.3) is 0 Å². The van der Waals surface area contributed by atoms with E-state index in [1.54, 1.807) is 6.92 Å². The summed E-state index contributed by atoms with van der Waals surface area (Å²) in [7, 11) is 0. The van der Waals surface area contributed by atoms with Gasteiger partial charge in [0.2, 0.25) is 0 Å². The number of para-hydroxylation sites is 1. The molecule has 1 aliphatic heterocycles. The van der Waals surface area contributed by atoms with Crippen LogP contribution in [0.15, 0.2) is 42.5 Å². The second-order valence-electron chi connectivity index (χ2n) is 5.35. The predicted octanol–water partition coefficient (Wildman–Crippen LogP) is 3.77. The number of nitro groups is 1. The highest BCUT2D eigenvalue weighted by Crippen LogP contribution is 2.45. The van der Waals surface area contributed by atoms with Crippen molar-refractivity contribution in [2.75, 3.05) is 0 Å². The first-order valence-corrected chi connectivity index (χ1v) is 7.37. The van der Waals surface area contributed by atoms with Crippen LogP contribution >= 0.6 is 0 Å². The highest BCUT2D eigenvalue weighted by Gasteiger charge is 2.44. The molecule has 136 valence electrons. The van der Waals surface area contributed by atoms with Crippen molar-refractivity contribution in [3.63, 3.8) is 0 Å². The second kappa shape index (κ2) is 6.47. The zero-order valence-electron chi connectivity index (χ0n) is 13.3. The number of alkyl halides is 2. The molecule has 0 radical (unpaired) electrons. The molecule has 0 saturated carbocycles. The number of hydrogen-bond donors (Lipinski definition) is 1. The molecule has 2 aromatic carbocycles. The highest BCUT2D eigenvalue weighted by atomic mass is 19.3. The van der Waals surface area contributed by atoms with E-state index in [0.717, 1.165) is 0 Å². The van der Waals surface area contributed by atoms with Crippen LogP contribution in [-0.2, 0) is 0 Å². The summed E-state index contributed by atoms with van der Waals surface area (Å²) in [4.78, 5) is 22.0. The zero-order valence-corrected chi connectivity index (χ0v) is 13.3. The van der Waals surface area contributed by atoms with Crippen molar-refractivity contribution < 1.29 is 32.7 Å². The number of carbonyl (C=O) groups excluding carboxylic acids is 1. The van der Waals surface area contributed by atoms with Crippen LogP contribution in [0.5, 0.6) is 17.2 Å². The fourth-order valence-electron chi connectivity index (χ4n) is 2.36. The van der Waals surface area contributed by atoms with Crippen LogP contribution in [0.2, 0.25) is 0 Å². The number of halogens is 2. The number of rotatable bonds is 4. The van der Waals surface area contributed by atoms with Gasteiger partial charge in [0.25, 0.3) is 5.69 Å². The van der Waals surface area contributed by atoms with E-state index in [9.17, 15) is 23.7 Å². The molecule has 3 rings (SSSR count). The molecule has 1 heterocycles. The smallest absolute Gasteiger partial charge is 0.410 e. The van der Waals surface area contributed by atoms with Crippen molar-refractivity contribution in [2.45, 2.75) is 19.3 Å². The van der Waals surface area contributed by atoms with Gasteiger partial charge in [0.15, 0.2) is 11.5 Å². The summed E-state index contributed by atoms with van der Waals surface area (Å²) in [5.74, 6) is -0.213. The third-order valence-corrected chi connectivity index (χ3v) is 3.52. The minimum absolute atomic E-state index is 0.0877. The van der Waals surface area contributed by atoms with Gasteiger partial charge in [0, 0.05) is 17.7 Å². The fourth-order valence-corrected chi connectivity index (χ4v) is 2.36. The van der Waals surface area contributed by atoms with Gasteiger partial charge in [-0.15, -0.1) is 8.78 Å². The Morgan fingerprint density at radius 3 is 2.58 bits per heavy atom. The summed E-state index contributed by atoms with van der Waals surface area (Å²) < 4.78 is 40.3. The average molecular weight is 366 g/mol. The Morgan fingerprint density at radius 2 is 1.92 bits per heavy atom. The maximum Gasteiger partial charge on any atom is 0.586 e. The number of non-ortho nitro benzene ring substituents is 1. The molecule has 0 saturated heterocycles. The normalized spacial score (nSPS) is 15.2. The van der Waals surface area contributed by atoms with Gasteiger partial charge in [0.05, 0.1) is 11.0 Å². The van der Waals surface area contributed by atoms with Crippen molar-refractivity contribution >= 4 is 11.8 Å². The molecule has 8 nitrogen and oxygen atoms in total. The van der Waals surface area contributed by atoms with Crippen LogP contribution < -0.4 is 19.5 Å². The number of amides is 1. The third-order valence-electron chi connectivity index (χ3n) is 3.52. The molecule has 26 heavy (non-hydrogen) atoms. The molecule has 1 aliphatic rings. The molecule has 0 unspecified atom stereocenters. The van der Waals surface area contributed by atoms with Crippen LogP contribution in [0.3, 0.4) is 0 Å². The Hall–Kier alpha value is -3.43. The fraction of sp³-hybridized carbons (Fsp3) is 0.188. The first kappa shape index (κ1) is 17.4. The van der Waals surface area contributed by atoms with Gasteiger partial charge in [-0.1, -0.05) is 12.1 Å². The Kier molecular flexibility index (Phi) is 4.33. The summed E-state index contributed by atoms with van der Waals surface area (Å²) in [5, 5.41) is 13.0. The maximum absolute atomic E-state index is 13.2. The van der Waals surface area contributed by atoms with Crippen LogP contribution in [0, 0.1) is 10.1 Å². The number of ether oxygens (including phenoxy) is 3. The van der Waals surface area contributed by atoms with Crippen LogP contribution in [-0.4, -0.2) is 17.3 Å². The standard InChI is InChI=1S/C16H12F2N2O6/c1-9(12-3-2-4-13-14(12)26-16(17,18)25-13)19-15(21)24-11-7-5-10(6-8-11)20(22)23/h2-9H,1H3,(H,19,21)/t9-/m1/s1. The number of carbonyl (C=O) groups is 1. The van der Waals surface area contributed by atoms with Gasteiger partial charge >= 0.3 is 12.4 Å². The Bertz CT molecular complexity index is 856. The van der Waals surface area contributed by atoms with E-state index in [1.165, 1.54) is 42.5 Å². The number of fused-ring (bicyclic) bond motifs is 1. The molecule has 10 heteroatoms. The minimum atomic E-state index is -3.77. The number of nitrogens with one attached hydrogen (secondary N) is 1. The van der Waals surface area contributed by atoms with E-state index in [0.29, 0.717) is 0 Å². The third kappa shape index (κ3) is 3.63. The van der Waals surface area contributed by atoms with Gasteiger partial charge in [-0.2, -0.15) is 0 Å². The van der Waals surface area contributed by atoms with E-state index < -0.39 is 23.4 Å². The second-order valence-corrected chi connectivity index (χ2v) is 5.35. The highest BCUT2D eigenvalue weighted by molar-refractivity contribution is 5.71. The first-order chi connectivity index (χ1) is 12.2. The van der Waals surface area contributed by atoms with Gasteiger partial charge in [-0.05, 0) is 25.1 Å². The molecule has 1 N–H and O–H groups in total. The summed E-state index contributed by atoms with van der Waals surface area (Å²) in [6.45, 7) is 1.55. The van der Waals surface area contributed by atoms with Crippen molar-refractivity contribution in [2.24, 2.45) is 0 Å². The Labute approximate surface area is 145 Å². The topological polar surface area (TPSA) is 99.9 Å². The van der Waals surface area contributed by atoms with Gasteiger partial charge in [-0.3, -0.25) is 10.1 Å². The predicted molar refractivity (Wildman–Crippen MR) is 83.3 cm³/mol. The molecule has 2 aromatic rings. The minimum Gasteiger partial charge on any atom is -0.410 e. The molecule has 0 spiro atoms. The number of nitro benzene ring substituents is 1. The molecular formula is C16H12F2N2O6. The summed E-state index contributed by atoms with van der Waals surface area (Å²) in [5.41, 5.74) is 0.129. The summed E-state index contributed by atoms with van der Waals surface area (Å²) in [6, 6.07) is 8.47. The lowest BCUT2D eigenvalue weighted by Crippen LogP contribution is -2.30. The lowest BCUT2D eigenvalue weighted by molar-refractivity contribution is -0.384. The number of benzene rings is 2. The van der Waals surface area contributed by atoms with E-state index in [1.807, 2.05) is 0 Å². The van der Waals surface area contributed by atoms with E-state index in [2.05, 4.69) is 14.8 Å². The Morgan fingerprint density at radius 1 is 1.23 bits per heavy atom. The largest absolute Gasteiger partial charge is 0.586 e. The quantitative estimate of drug-likeness (QED) is 0.653. The van der Waals surface area contributed by atoms with Crippen molar-refractivity contribution in [1.29, 1.82) is 0 Å². The summed E-state index contributed by atoms with van der Waals surface area (Å²) in [6.07, 6.45) is -4.63. The molecule has 0 aliphatic carbocycles. The van der Waals surface area contributed by atoms with E-state index >= 15 is 0 Å².